The lowest BCUT2D eigenvalue weighted by Crippen LogP contribution is -2.18. The average molecular weight is 371 g/mol. The highest BCUT2D eigenvalue weighted by Crippen LogP contribution is 2.18. The van der Waals surface area contributed by atoms with Gasteiger partial charge in [0.15, 0.2) is 0 Å². The van der Waals surface area contributed by atoms with Crippen LogP contribution in [0.4, 0.5) is 0 Å². The molecule has 140 valence electrons. The van der Waals surface area contributed by atoms with Crippen molar-refractivity contribution >= 4 is 5.91 Å². The van der Waals surface area contributed by atoms with Crippen LogP contribution < -0.4 is 5.48 Å². The van der Waals surface area contributed by atoms with Gasteiger partial charge < -0.3 is 4.90 Å². The third-order valence-corrected chi connectivity index (χ3v) is 4.08. The zero-order valence-electron chi connectivity index (χ0n) is 15.8. The van der Waals surface area contributed by atoms with E-state index in [4.69, 9.17) is 5.21 Å². The van der Waals surface area contributed by atoms with Gasteiger partial charge in [-0.05, 0) is 56.1 Å². The molecule has 5 heteroatoms. The number of pyridine rings is 1. The van der Waals surface area contributed by atoms with E-state index in [1.807, 2.05) is 50.5 Å². The largest absolute Gasteiger partial charge is 0.305 e. The van der Waals surface area contributed by atoms with Crippen LogP contribution in [-0.2, 0) is 6.54 Å². The molecule has 1 heterocycles. The molecule has 3 rings (SSSR count). The molecule has 3 aromatic rings. The van der Waals surface area contributed by atoms with E-state index in [0.29, 0.717) is 11.3 Å². The maximum Gasteiger partial charge on any atom is 0.274 e. The Kier molecular flexibility index (Phi) is 6.18. The Morgan fingerprint density at radius 3 is 2.50 bits per heavy atom. The van der Waals surface area contributed by atoms with Crippen LogP contribution in [0.5, 0.6) is 0 Å². The van der Waals surface area contributed by atoms with Crippen molar-refractivity contribution in [2.75, 3.05) is 14.1 Å². The summed E-state index contributed by atoms with van der Waals surface area (Å²) >= 11 is 0. The minimum atomic E-state index is -0.567. The predicted octanol–water partition coefficient (Wildman–Crippen LogP) is 3.33. The first-order valence-electron chi connectivity index (χ1n) is 8.82. The summed E-state index contributed by atoms with van der Waals surface area (Å²) in [6.07, 6.45) is 1.54. The van der Waals surface area contributed by atoms with Crippen LogP contribution >= 0.6 is 0 Å². The zero-order chi connectivity index (χ0) is 19.9. The molecule has 0 radical (unpaired) electrons. The van der Waals surface area contributed by atoms with Gasteiger partial charge in [-0.15, -0.1) is 0 Å². The second kappa shape index (κ2) is 8.96. The number of amides is 1. The highest BCUT2D eigenvalue weighted by atomic mass is 16.5. The Morgan fingerprint density at radius 2 is 1.79 bits per heavy atom. The first-order valence-corrected chi connectivity index (χ1v) is 8.82. The van der Waals surface area contributed by atoms with Crippen LogP contribution in [0, 0.1) is 11.8 Å². The number of rotatable bonds is 4. The van der Waals surface area contributed by atoms with E-state index in [9.17, 15) is 4.79 Å². The second-order valence-electron chi connectivity index (χ2n) is 6.64. The van der Waals surface area contributed by atoms with Gasteiger partial charge in [0, 0.05) is 35.0 Å². The molecule has 0 saturated heterocycles. The fourth-order valence-electron chi connectivity index (χ4n) is 2.78. The average Bonchev–Trinajstić information content (AvgIpc) is 2.72. The van der Waals surface area contributed by atoms with E-state index >= 15 is 0 Å². The number of benzene rings is 2. The lowest BCUT2D eigenvalue weighted by molar-refractivity contribution is 0.0706. The summed E-state index contributed by atoms with van der Waals surface area (Å²) in [4.78, 5) is 17.9. The minimum Gasteiger partial charge on any atom is -0.305 e. The standard InChI is InChI=1S/C23H21N3O2/c1-26(2)16-19-5-3-4-18(14-19)7-6-17-8-10-20(11-9-17)22-15-21(12-13-24-22)23(27)25-28/h3-5,8-15,28H,16H2,1-2H3,(H,25,27). The molecule has 2 N–H and O–H groups in total. The Labute approximate surface area is 164 Å². The van der Waals surface area contributed by atoms with Crippen molar-refractivity contribution in [1.82, 2.24) is 15.4 Å². The fraction of sp³-hybridized carbons (Fsp3) is 0.130. The van der Waals surface area contributed by atoms with Crippen molar-refractivity contribution in [3.63, 3.8) is 0 Å². The van der Waals surface area contributed by atoms with Gasteiger partial charge in [0.2, 0.25) is 0 Å². The molecular formula is C23H21N3O2. The van der Waals surface area contributed by atoms with Crippen LogP contribution in [0.15, 0.2) is 66.9 Å². The Bertz CT molecular complexity index is 1030. The Hall–Kier alpha value is -3.46. The smallest absolute Gasteiger partial charge is 0.274 e. The molecule has 0 atom stereocenters. The number of nitrogens with zero attached hydrogens (tertiary/aromatic N) is 2. The lowest BCUT2D eigenvalue weighted by Gasteiger charge is -2.09. The third-order valence-electron chi connectivity index (χ3n) is 4.08. The molecule has 28 heavy (non-hydrogen) atoms. The second-order valence-corrected chi connectivity index (χ2v) is 6.64. The summed E-state index contributed by atoms with van der Waals surface area (Å²) in [5.74, 6) is 5.81. The molecular weight excluding hydrogens is 350 g/mol. The van der Waals surface area contributed by atoms with Crippen molar-refractivity contribution in [3.8, 4) is 23.1 Å². The van der Waals surface area contributed by atoms with Crippen LogP contribution in [0.2, 0.25) is 0 Å². The molecule has 1 aromatic heterocycles. The number of hydroxylamine groups is 1. The van der Waals surface area contributed by atoms with E-state index in [2.05, 4.69) is 33.9 Å². The quantitative estimate of drug-likeness (QED) is 0.419. The molecule has 1 amide bonds. The van der Waals surface area contributed by atoms with Gasteiger partial charge >= 0.3 is 0 Å². The number of carbonyl (C=O) groups is 1. The first kappa shape index (κ1) is 19.3. The molecule has 0 aliphatic heterocycles. The van der Waals surface area contributed by atoms with E-state index < -0.39 is 5.91 Å². The Morgan fingerprint density at radius 1 is 1.04 bits per heavy atom. The summed E-state index contributed by atoms with van der Waals surface area (Å²) in [5, 5.41) is 8.76. The summed E-state index contributed by atoms with van der Waals surface area (Å²) in [7, 11) is 4.08. The monoisotopic (exact) mass is 371 g/mol. The van der Waals surface area contributed by atoms with Crippen molar-refractivity contribution in [1.29, 1.82) is 0 Å². The maximum absolute atomic E-state index is 11.5. The predicted molar refractivity (Wildman–Crippen MR) is 109 cm³/mol. The fourth-order valence-corrected chi connectivity index (χ4v) is 2.78. The van der Waals surface area contributed by atoms with E-state index in [1.54, 1.807) is 17.6 Å². The van der Waals surface area contributed by atoms with E-state index in [1.165, 1.54) is 11.8 Å². The number of carbonyl (C=O) groups excluding carboxylic acids is 1. The third kappa shape index (κ3) is 5.04. The zero-order valence-corrected chi connectivity index (χ0v) is 15.8. The maximum atomic E-state index is 11.5. The number of hydrogen-bond acceptors (Lipinski definition) is 4. The lowest BCUT2D eigenvalue weighted by atomic mass is 10.1. The van der Waals surface area contributed by atoms with Crippen molar-refractivity contribution in [2.24, 2.45) is 0 Å². The molecule has 0 aliphatic carbocycles. The summed E-state index contributed by atoms with van der Waals surface area (Å²) in [5.41, 5.74) is 6.59. The number of nitrogens with one attached hydrogen (secondary N) is 1. The molecule has 0 spiro atoms. The van der Waals surface area contributed by atoms with Gasteiger partial charge in [-0.2, -0.15) is 0 Å². The summed E-state index contributed by atoms with van der Waals surface area (Å²) < 4.78 is 0. The van der Waals surface area contributed by atoms with Crippen LogP contribution in [0.3, 0.4) is 0 Å². The normalized spacial score (nSPS) is 10.3. The molecule has 2 aromatic carbocycles. The van der Waals surface area contributed by atoms with Crippen molar-refractivity contribution < 1.29 is 10.0 Å². The van der Waals surface area contributed by atoms with E-state index in [-0.39, 0.29) is 0 Å². The highest BCUT2D eigenvalue weighted by molar-refractivity contribution is 5.94. The van der Waals surface area contributed by atoms with Gasteiger partial charge in [0.25, 0.3) is 5.91 Å². The SMILES string of the molecule is CN(C)Cc1cccc(C#Cc2ccc(-c3cc(C(=O)NO)ccn3)cc2)c1. The topological polar surface area (TPSA) is 65.5 Å². The number of aromatic nitrogens is 1. The molecule has 0 bridgehead atoms. The molecule has 5 nitrogen and oxygen atoms in total. The molecule has 0 unspecified atom stereocenters. The summed E-state index contributed by atoms with van der Waals surface area (Å²) in [6.45, 7) is 0.880. The van der Waals surface area contributed by atoms with E-state index in [0.717, 1.165) is 23.2 Å². The van der Waals surface area contributed by atoms with Gasteiger partial charge in [0.05, 0.1) is 5.69 Å². The summed E-state index contributed by atoms with van der Waals surface area (Å²) in [6, 6.07) is 19.1. The van der Waals surface area contributed by atoms with Crippen LogP contribution in [0.25, 0.3) is 11.3 Å². The van der Waals surface area contributed by atoms with Crippen molar-refractivity contribution in [3.05, 3.63) is 89.1 Å². The van der Waals surface area contributed by atoms with Gasteiger partial charge in [-0.1, -0.05) is 36.1 Å². The van der Waals surface area contributed by atoms with Crippen LogP contribution in [0.1, 0.15) is 27.0 Å². The number of hydrogen-bond donors (Lipinski definition) is 2. The van der Waals surface area contributed by atoms with Crippen LogP contribution in [-0.4, -0.2) is 35.1 Å². The van der Waals surface area contributed by atoms with Gasteiger partial charge in [-0.25, -0.2) is 5.48 Å². The molecule has 0 fully saturated rings. The minimum absolute atomic E-state index is 0.342. The Balaban J connectivity index is 1.78. The highest BCUT2D eigenvalue weighted by Gasteiger charge is 2.06. The van der Waals surface area contributed by atoms with Crippen molar-refractivity contribution in [2.45, 2.75) is 6.54 Å². The van der Waals surface area contributed by atoms with Gasteiger partial charge in [-0.3, -0.25) is 15.0 Å². The molecule has 0 saturated carbocycles. The van der Waals surface area contributed by atoms with Gasteiger partial charge in [0.1, 0.15) is 0 Å². The first-order chi connectivity index (χ1) is 13.5. The molecule has 0 aliphatic rings.